The van der Waals surface area contributed by atoms with E-state index in [1.54, 1.807) is 23.4 Å². The van der Waals surface area contributed by atoms with Crippen molar-refractivity contribution < 1.29 is 18.0 Å². The fourth-order valence-electron chi connectivity index (χ4n) is 2.67. The summed E-state index contributed by atoms with van der Waals surface area (Å²) in [6, 6.07) is 6.62. The summed E-state index contributed by atoms with van der Waals surface area (Å²) >= 11 is 0. The number of hydrogen-bond donors (Lipinski definition) is 0. The Labute approximate surface area is 148 Å². The lowest BCUT2D eigenvalue weighted by Crippen LogP contribution is -2.48. The molecule has 3 rings (SSSR count). The van der Waals surface area contributed by atoms with Gasteiger partial charge in [0.1, 0.15) is 0 Å². The molecule has 26 heavy (non-hydrogen) atoms. The zero-order valence-electron chi connectivity index (χ0n) is 13.9. The standard InChI is InChI=1S/C18H17F3N4O/c19-18(20,21)15-4-1-3-14(13-15)5-6-16(26)24-9-11-25(12-10-24)17-22-7-2-8-23-17/h1-8,13H,9-12H2/b6-5+. The third kappa shape index (κ3) is 4.38. The van der Waals surface area contributed by atoms with Crippen molar-refractivity contribution in [3.05, 3.63) is 59.9 Å². The molecule has 0 bridgehead atoms. The number of alkyl halides is 3. The van der Waals surface area contributed by atoms with Gasteiger partial charge in [-0.2, -0.15) is 13.2 Å². The molecule has 1 aromatic heterocycles. The van der Waals surface area contributed by atoms with Crippen LogP contribution in [0.15, 0.2) is 48.8 Å². The topological polar surface area (TPSA) is 49.3 Å². The molecule has 1 saturated heterocycles. The number of hydrogen-bond acceptors (Lipinski definition) is 4. The number of nitrogens with zero attached hydrogens (tertiary/aromatic N) is 4. The summed E-state index contributed by atoms with van der Waals surface area (Å²) in [5.74, 6) is 0.398. The molecular weight excluding hydrogens is 345 g/mol. The highest BCUT2D eigenvalue weighted by Crippen LogP contribution is 2.29. The number of benzene rings is 1. The van der Waals surface area contributed by atoms with Crippen LogP contribution in [-0.2, 0) is 11.0 Å². The Balaban J connectivity index is 1.58. The summed E-state index contributed by atoms with van der Waals surface area (Å²) in [5.41, 5.74) is -0.395. The Bertz CT molecular complexity index is 785. The second-order valence-corrected chi connectivity index (χ2v) is 5.82. The van der Waals surface area contributed by atoms with Crippen molar-refractivity contribution in [2.75, 3.05) is 31.1 Å². The quantitative estimate of drug-likeness (QED) is 0.788. The number of anilines is 1. The van der Waals surface area contributed by atoms with Crippen LogP contribution < -0.4 is 4.90 Å². The van der Waals surface area contributed by atoms with Gasteiger partial charge in [0.2, 0.25) is 11.9 Å². The maximum Gasteiger partial charge on any atom is 0.416 e. The molecule has 0 unspecified atom stereocenters. The Kier molecular flexibility index (Phi) is 5.20. The van der Waals surface area contributed by atoms with Crippen LogP contribution in [0.1, 0.15) is 11.1 Å². The zero-order valence-corrected chi connectivity index (χ0v) is 13.9. The molecule has 8 heteroatoms. The molecule has 1 aliphatic heterocycles. The summed E-state index contributed by atoms with van der Waals surface area (Å²) in [6.07, 6.45) is 1.65. The van der Waals surface area contributed by atoms with Crippen LogP contribution in [0.3, 0.4) is 0 Å². The first-order valence-electron chi connectivity index (χ1n) is 8.10. The molecule has 0 atom stereocenters. The van der Waals surface area contributed by atoms with Crippen LogP contribution in [0, 0.1) is 0 Å². The van der Waals surface area contributed by atoms with E-state index in [2.05, 4.69) is 9.97 Å². The molecule has 1 fully saturated rings. The number of carbonyl (C=O) groups is 1. The van der Waals surface area contributed by atoms with Crippen molar-refractivity contribution in [3.8, 4) is 0 Å². The number of aromatic nitrogens is 2. The maximum atomic E-state index is 12.7. The number of piperazine rings is 1. The first-order valence-corrected chi connectivity index (χ1v) is 8.10. The number of rotatable bonds is 3. The van der Waals surface area contributed by atoms with Crippen molar-refractivity contribution >= 4 is 17.9 Å². The smallest absolute Gasteiger partial charge is 0.337 e. The van der Waals surface area contributed by atoms with E-state index < -0.39 is 11.7 Å². The van der Waals surface area contributed by atoms with Crippen LogP contribution in [0.4, 0.5) is 19.1 Å². The second kappa shape index (κ2) is 7.55. The zero-order chi connectivity index (χ0) is 18.6. The van der Waals surface area contributed by atoms with Crippen LogP contribution in [0.25, 0.3) is 6.08 Å². The monoisotopic (exact) mass is 362 g/mol. The van der Waals surface area contributed by atoms with Gasteiger partial charge >= 0.3 is 6.18 Å². The van der Waals surface area contributed by atoms with Crippen LogP contribution in [-0.4, -0.2) is 47.0 Å². The molecule has 1 aromatic carbocycles. The summed E-state index contributed by atoms with van der Waals surface area (Å²) in [4.78, 5) is 24.3. The third-order valence-electron chi connectivity index (χ3n) is 4.06. The van der Waals surface area contributed by atoms with Gasteiger partial charge in [0.25, 0.3) is 0 Å². The molecule has 5 nitrogen and oxygen atoms in total. The van der Waals surface area contributed by atoms with Crippen LogP contribution in [0.2, 0.25) is 0 Å². The predicted molar refractivity (Wildman–Crippen MR) is 91.3 cm³/mol. The Morgan fingerprint density at radius 2 is 1.73 bits per heavy atom. The molecular formula is C18H17F3N4O. The Hall–Kier alpha value is -2.90. The van der Waals surface area contributed by atoms with E-state index in [9.17, 15) is 18.0 Å². The summed E-state index contributed by atoms with van der Waals surface area (Å²) < 4.78 is 38.2. The van der Waals surface area contributed by atoms with E-state index in [-0.39, 0.29) is 5.91 Å². The van der Waals surface area contributed by atoms with E-state index >= 15 is 0 Å². The van der Waals surface area contributed by atoms with Crippen molar-refractivity contribution in [2.24, 2.45) is 0 Å². The van der Waals surface area contributed by atoms with Crippen molar-refractivity contribution in [1.29, 1.82) is 0 Å². The van der Waals surface area contributed by atoms with Crippen LogP contribution in [0.5, 0.6) is 0 Å². The molecule has 0 saturated carbocycles. The SMILES string of the molecule is O=C(/C=C/c1cccc(C(F)(F)F)c1)N1CCN(c2ncccn2)CC1. The van der Waals surface area contributed by atoms with Gasteiger partial charge in [0.15, 0.2) is 0 Å². The molecule has 136 valence electrons. The van der Waals surface area contributed by atoms with Gasteiger partial charge in [-0.05, 0) is 29.8 Å². The van der Waals surface area contributed by atoms with Gasteiger partial charge in [-0.1, -0.05) is 12.1 Å². The van der Waals surface area contributed by atoms with Gasteiger partial charge < -0.3 is 9.80 Å². The normalized spacial score (nSPS) is 15.5. The van der Waals surface area contributed by atoms with Gasteiger partial charge in [-0.15, -0.1) is 0 Å². The fraction of sp³-hybridized carbons (Fsp3) is 0.278. The molecule has 1 aliphatic rings. The molecule has 2 aromatic rings. The van der Waals surface area contributed by atoms with Gasteiger partial charge in [-0.3, -0.25) is 4.79 Å². The molecule has 0 spiro atoms. The summed E-state index contributed by atoms with van der Waals surface area (Å²) in [7, 11) is 0. The van der Waals surface area contributed by atoms with E-state index in [1.165, 1.54) is 24.3 Å². The first-order chi connectivity index (χ1) is 12.4. The van der Waals surface area contributed by atoms with E-state index in [4.69, 9.17) is 0 Å². The van der Waals surface area contributed by atoms with Gasteiger partial charge in [-0.25, -0.2) is 9.97 Å². The maximum absolute atomic E-state index is 12.7. The molecule has 0 aliphatic carbocycles. The molecule has 0 radical (unpaired) electrons. The van der Waals surface area contributed by atoms with E-state index in [0.717, 1.165) is 12.1 Å². The lowest BCUT2D eigenvalue weighted by molar-refractivity contribution is -0.137. The molecule has 0 N–H and O–H groups in total. The van der Waals surface area contributed by atoms with Crippen molar-refractivity contribution in [3.63, 3.8) is 0 Å². The minimum absolute atomic E-state index is 0.226. The van der Waals surface area contributed by atoms with Gasteiger partial charge in [0.05, 0.1) is 5.56 Å². The minimum atomic E-state index is -4.40. The number of carbonyl (C=O) groups excluding carboxylic acids is 1. The largest absolute Gasteiger partial charge is 0.416 e. The Morgan fingerprint density at radius 3 is 2.38 bits per heavy atom. The highest BCUT2D eigenvalue weighted by molar-refractivity contribution is 5.92. The predicted octanol–water partition coefficient (Wildman–Crippen LogP) is 2.86. The molecule has 1 amide bonds. The van der Waals surface area contributed by atoms with Gasteiger partial charge in [0, 0.05) is 44.6 Å². The average Bonchev–Trinajstić information content (AvgIpc) is 2.66. The summed E-state index contributed by atoms with van der Waals surface area (Å²) in [6.45, 7) is 2.22. The average molecular weight is 362 g/mol. The number of amides is 1. The Morgan fingerprint density at radius 1 is 1.04 bits per heavy atom. The third-order valence-corrected chi connectivity index (χ3v) is 4.06. The lowest BCUT2D eigenvalue weighted by atomic mass is 10.1. The fourth-order valence-corrected chi connectivity index (χ4v) is 2.67. The lowest BCUT2D eigenvalue weighted by Gasteiger charge is -2.34. The second-order valence-electron chi connectivity index (χ2n) is 5.82. The first kappa shape index (κ1) is 17.9. The van der Waals surface area contributed by atoms with Crippen molar-refractivity contribution in [2.45, 2.75) is 6.18 Å². The number of halogens is 3. The summed E-state index contributed by atoms with van der Waals surface area (Å²) in [5, 5.41) is 0. The highest BCUT2D eigenvalue weighted by atomic mass is 19.4. The minimum Gasteiger partial charge on any atom is -0.337 e. The highest BCUT2D eigenvalue weighted by Gasteiger charge is 2.30. The van der Waals surface area contributed by atoms with E-state index in [0.29, 0.717) is 37.7 Å². The molecule has 2 heterocycles. The van der Waals surface area contributed by atoms with E-state index in [1.807, 2.05) is 4.90 Å². The van der Waals surface area contributed by atoms with Crippen LogP contribution >= 0.6 is 0 Å². The van der Waals surface area contributed by atoms with Crippen molar-refractivity contribution in [1.82, 2.24) is 14.9 Å².